The molecule has 7 heteroatoms. The molecule has 3 rings (SSSR count). The van der Waals surface area contributed by atoms with Crippen LogP contribution in [0.25, 0.3) is 0 Å². The quantitative estimate of drug-likeness (QED) is 0.836. The van der Waals surface area contributed by atoms with Gasteiger partial charge in [0.15, 0.2) is 5.03 Å². The first-order valence-electron chi connectivity index (χ1n) is 6.64. The molecule has 2 fully saturated rings. The van der Waals surface area contributed by atoms with E-state index >= 15 is 0 Å². The Morgan fingerprint density at radius 2 is 2.21 bits per heavy atom. The summed E-state index contributed by atoms with van der Waals surface area (Å²) >= 11 is 0. The molecule has 3 heterocycles. The Hall–Kier alpha value is -0.920. The van der Waals surface area contributed by atoms with E-state index in [9.17, 15) is 8.42 Å². The first kappa shape index (κ1) is 13.1. The molecule has 106 valence electrons. The lowest BCUT2D eigenvalue weighted by Crippen LogP contribution is -2.33. The van der Waals surface area contributed by atoms with Crippen molar-refractivity contribution in [2.24, 2.45) is 12.5 Å². The van der Waals surface area contributed by atoms with Crippen LogP contribution in [0.15, 0.2) is 11.2 Å². The van der Waals surface area contributed by atoms with Gasteiger partial charge in [0.1, 0.15) is 5.82 Å². The standard InChI is InChI=1S/C12H20N4O2S/c1-10-14-11(7-15(10)2)19(17,18)16-6-4-12(9-16)3-5-13-8-12/h7,13H,3-6,8-9H2,1-2H3. The molecule has 0 saturated carbocycles. The van der Waals surface area contributed by atoms with Crippen molar-refractivity contribution in [2.45, 2.75) is 24.8 Å². The van der Waals surface area contributed by atoms with E-state index in [0.29, 0.717) is 13.1 Å². The van der Waals surface area contributed by atoms with Crippen LogP contribution in [-0.4, -0.2) is 48.5 Å². The van der Waals surface area contributed by atoms with Gasteiger partial charge < -0.3 is 9.88 Å². The molecule has 0 amide bonds. The summed E-state index contributed by atoms with van der Waals surface area (Å²) in [6.07, 6.45) is 3.62. The third-order valence-corrected chi connectivity index (χ3v) is 6.14. The van der Waals surface area contributed by atoms with E-state index in [-0.39, 0.29) is 10.4 Å². The third kappa shape index (κ3) is 2.09. The predicted molar refractivity (Wildman–Crippen MR) is 71.2 cm³/mol. The molecule has 19 heavy (non-hydrogen) atoms. The smallest absolute Gasteiger partial charge is 0.262 e. The molecule has 1 N–H and O–H groups in total. The van der Waals surface area contributed by atoms with Gasteiger partial charge >= 0.3 is 0 Å². The minimum Gasteiger partial charge on any atom is -0.337 e. The summed E-state index contributed by atoms with van der Waals surface area (Å²) in [5.41, 5.74) is 0.150. The monoisotopic (exact) mass is 284 g/mol. The van der Waals surface area contributed by atoms with Crippen molar-refractivity contribution in [1.29, 1.82) is 0 Å². The Labute approximate surface area is 113 Å². The maximum Gasteiger partial charge on any atom is 0.262 e. The normalized spacial score (nSPS) is 28.5. The first-order chi connectivity index (χ1) is 8.93. The van der Waals surface area contributed by atoms with Gasteiger partial charge in [-0.3, -0.25) is 0 Å². The average molecular weight is 284 g/mol. The number of aromatic nitrogens is 2. The fraction of sp³-hybridized carbons (Fsp3) is 0.750. The molecule has 2 aliphatic rings. The fourth-order valence-corrected chi connectivity index (χ4v) is 4.60. The molecule has 1 unspecified atom stereocenters. The van der Waals surface area contributed by atoms with Crippen molar-refractivity contribution in [3.05, 3.63) is 12.0 Å². The molecule has 1 spiro atoms. The first-order valence-corrected chi connectivity index (χ1v) is 8.08. The largest absolute Gasteiger partial charge is 0.337 e. The lowest BCUT2D eigenvalue weighted by molar-refractivity contribution is 0.337. The van der Waals surface area contributed by atoms with E-state index in [0.717, 1.165) is 31.8 Å². The van der Waals surface area contributed by atoms with Gasteiger partial charge in [-0.2, -0.15) is 4.31 Å². The van der Waals surface area contributed by atoms with E-state index in [1.165, 1.54) is 0 Å². The minimum absolute atomic E-state index is 0.150. The summed E-state index contributed by atoms with van der Waals surface area (Å²) in [6.45, 7) is 4.97. The summed E-state index contributed by atoms with van der Waals surface area (Å²) < 4.78 is 28.5. The average Bonchev–Trinajstić information content (AvgIpc) is 3.05. The number of nitrogens with zero attached hydrogens (tertiary/aromatic N) is 3. The van der Waals surface area contributed by atoms with Crippen LogP contribution >= 0.6 is 0 Å². The van der Waals surface area contributed by atoms with Crippen LogP contribution in [0.5, 0.6) is 0 Å². The van der Waals surface area contributed by atoms with Crippen molar-refractivity contribution in [2.75, 3.05) is 26.2 Å². The summed E-state index contributed by atoms with van der Waals surface area (Å²) in [4.78, 5) is 4.16. The number of aryl methyl sites for hydroxylation is 2. The highest BCUT2D eigenvalue weighted by molar-refractivity contribution is 7.89. The molecule has 0 radical (unpaired) electrons. The second kappa shape index (κ2) is 4.29. The Morgan fingerprint density at radius 1 is 1.42 bits per heavy atom. The van der Waals surface area contributed by atoms with E-state index in [2.05, 4.69) is 10.3 Å². The lowest BCUT2D eigenvalue weighted by atomic mass is 9.87. The van der Waals surface area contributed by atoms with Crippen LogP contribution in [0.3, 0.4) is 0 Å². The molecule has 1 atom stereocenters. The van der Waals surface area contributed by atoms with Gasteiger partial charge in [0, 0.05) is 32.9 Å². The van der Waals surface area contributed by atoms with Gasteiger partial charge in [0.05, 0.1) is 0 Å². The maximum absolute atomic E-state index is 12.6. The van der Waals surface area contributed by atoms with Crippen LogP contribution in [0.1, 0.15) is 18.7 Å². The van der Waals surface area contributed by atoms with Crippen molar-refractivity contribution < 1.29 is 8.42 Å². The molecule has 1 aromatic rings. The van der Waals surface area contributed by atoms with Crippen molar-refractivity contribution in [1.82, 2.24) is 19.2 Å². The number of imidazole rings is 1. The van der Waals surface area contributed by atoms with Gasteiger partial charge in [0.2, 0.25) is 0 Å². The van der Waals surface area contributed by atoms with Crippen molar-refractivity contribution in [3.8, 4) is 0 Å². The zero-order chi connectivity index (χ0) is 13.7. The predicted octanol–water partition coefficient (Wildman–Crippen LogP) is 0.103. The topological polar surface area (TPSA) is 67.2 Å². The second-order valence-corrected chi connectivity index (χ2v) is 7.64. The number of sulfonamides is 1. The number of hydrogen-bond donors (Lipinski definition) is 1. The van der Waals surface area contributed by atoms with E-state index in [4.69, 9.17) is 0 Å². The van der Waals surface area contributed by atoms with Gasteiger partial charge in [0.25, 0.3) is 10.0 Å². The van der Waals surface area contributed by atoms with Crippen molar-refractivity contribution in [3.63, 3.8) is 0 Å². The molecule has 2 aliphatic heterocycles. The number of hydrogen-bond acceptors (Lipinski definition) is 4. The molecular weight excluding hydrogens is 264 g/mol. The number of rotatable bonds is 2. The van der Waals surface area contributed by atoms with Gasteiger partial charge in [-0.1, -0.05) is 0 Å². The Balaban J connectivity index is 1.86. The molecule has 0 aromatic carbocycles. The summed E-state index contributed by atoms with van der Waals surface area (Å²) in [7, 11) is -1.62. The van der Waals surface area contributed by atoms with Crippen molar-refractivity contribution >= 4 is 10.0 Å². The molecular formula is C12H20N4O2S. The van der Waals surface area contributed by atoms with Gasteiger partial charge in [-0.15, -0.1) is 0 Å². The second-order valence-electron chi connectivity index (χ2n) is 5.75. The maximum atomic E-state index is 12.6. The molecule has 6 nitrogen and oxygen atoms in total. The van der Waals surface area contributed by atoms with Crippen LogP contribution in [0.2, 0.25) is 0 Å². The summed E-state index contributed by atoms with van der Waals surface area (Å²) in [5, 5.41) is 3.52. The Kier molecular flexibility index (Phi) is 2.95. The zero-order valence-corrected chi connectivity index (χ0v) is 12.2. The van der Waals surface area contributed by atoms with Gasteiger partial charge in [-0.25, -0.2) is 13.4 Å². The highest BCUT2D eigenvalue weighted by Crippen LogP contribution is 2.38. The Bertz CT molecular complexity index is 567. The number of nitrogens with one attached hydrogen (secondary N) is 1. The molecule has 0 aliphatic carbocycles. The highest BCUT2D eigenvalue weighted by Gasteiger charge is 2.45. The van der Waals surface area contributed by atoms with E-state index in [1.807, 2.05) is 14.0 Å². The van der Waals surface area contributed by atoms with Crippen LogP contribution < -0.4 is 5.32 Å². The van der Waals surface area contributed by atoms with Crippen LogP contribution in [0.4, 0.5) is 0 Å². The molecule has 2 saturated heterocycles. The fourth-order valence-electron chi connectivity index (χ4n) is 3.03. The third-order valence-electron chi connectivity index (χ3n) is 4.43. The van der Waals surface area contributed by atoms with E-state index in [1.54, 1.807) is 15.1 Å². The lowest BCUT2D eigenvalue weighted by Gasteiger charge is -2.22. The van der Waals surface area contributed by atoms with Gasteiger partial charge in [-0.05, 0) is 31.7 Å². The summed E-state index contributed by atoms with van der Waals surface area (Å²) in [5.74, 6) is 0.718. The molecule has 0 bridgehead atoms. The Morgan fingerprint density at radius 3 is 2.79 bits per heavy atom. The summed E-state index contributed by atoms with van der Waals surface area (Å²) in [6, 6.07) is 0. The molecule has 1 aromatic heterocycles. The zero-order valence-electron chi connectivity index (χ0n) is 11.4. The van der Waals surface area contributed by atoms with E-state index < -0.39 is 10.0 Å². The highest BCUT2D eigenvalue weighted by atomic mass is 32.2. The minimum atomic E-state index is -3.43. The van der Waals surface area contributed by atoms with Crippen LogP contribution in [0, 0.1) is 12.3 Å². The SMILES string of the molecule is Cc1nc(S(=O)(=O)N2CCC3(CCNC3)C2)cn1C. The van der Waals surface area contributed by atoms with Crippen LogP contribution in [-0.2, 0) is 17.1 Å².